The normalized spacial score (nSPS) is 17.2. The van der Waals surface area contributed by atoms with E-state index in [4.69, 9.17) is 11.6 Å². The van der Waals surface area contributed by atoms with Crippen LogP contribution in [-0.2, 0) is 4.79 Å². The van der Waals surface area contributed by atoms with Crippen LogP contribution in [0, 0.1) is 0 Å². The largest absolute Gasteiger partial charge is 0.345 e. The monoisotopic (exact) mass is 393 g/mol. The van der Waals surface area contributed by atoms with Gasteiger partial charge in [-0.25, -0.2) is 15.0 Å². The molecule has 2 aromatic heterocycles. The van der Waals surface area contributed by atoms with Crippen LogP contribution in [-0.4, -0.2) is 43.8 Å². The van der Waals surface area contributed by atoms with Crippen molar-refractivity contribution in [1.82, 2.24) is 24.8 Å². The number of hydrogen-bond donors (Lipinski definition) is 1. The molecule has 1 unspecified atom stereocenters. The first kappa shape index (κ1) is 18.4. The molecule has 1 fully saturated rings. The number of halogens is 1. The third kappa shape index (κ3) is 3.97. The Morgan fingerprint density at radius 1 is 1.21 bits per heavy atom. The fraction of sp³-hybridized carbons (Fsp3) is 0.238. The number of benzene rings is 1. The molecule has 6 nitrogen and oxygen atoms in total. The van der Waals surface area contributed by atoms with Gasteiger partial charge in [-0.2, -0.15) is 0 Å². The highest BCUT2D eigenvalue weighted by Crippen LogP contribution is 2.35. The molecule has 0 radical (unpaired) electrons. The number of H-pyrrole nitrogens is 1. The van der Waals surface area contributed by atoms with Crippen molar-refractivity contribution in [2.45, 2.75) is 18.8 Å². The number of piperidine rings is 1. The van der Waals surface area contributed by atoms with Gasteiger partial charge in [-0.15, -0.1) is 0 Å². The summed E-state index contributed by atoms with van der Waals surface area (Å²) in [4.78, 5) is 30.2. The number of rotatable bonds is 4. The molecule has 28 heavy (non-hydrogen) atoms. The van der Waals surface area contributed by atoms with Crippen molar-refractivity contribution < 1.29 is 4.79 Å². The molecule has 0 aliphatic carbocycles. The summed E-state index contributed by atoms with van der Waals surface area (Å²) in [5.41, 5.74) is 3.60. The number of nitrogens with one attached hydrogen (secondary N) is 1. The van der Waals surface area contributed by atoms with Gasteiger partial charge in [-0.1, -0.05) is 29.8 Å². The Kier molecular flexibility index (Phi) is 5.48. The molecular weight excluding hydrogens is 374 g/mol. The zero-order chi connectivity index (χ0) is 19.3. The Morgan fingerprint density at radius 2 is 2.11 bits per heavy atom. The molecule has 142 valence electrons. The van der Waals surface area contributed by atoms with Gasteiger partial charge in [0.2, 0.25) is 5.91 Å². The molecule has 3 heterocycles. The molecule has 1 aliphatic rings. The van der Waals surface area contributed by atoms with Gasteiger partial charge in [0.15, 0.2) is 0 Å². The molecule has 1 aliphatic heterocycles. The van der Waals surface area contributed by atoms with Crippen LogP contribution >= 0.6 is 11.6 Å². The fourth-order valence-corrected chi connectivity index (χ4v) is 3.81. The number of amides is 1. The number of imidazole rings is 1. The van der Waals surface area contributed by atoms with Crippen LogP contribution in [0.3, 0.4) is 0 Å². The predicted molar refractivity (Wildman–Crippen MR) is 109 cm³/mol. The van der Waals surface area contributed by atoms with E-state index in [9.17, 15) is 4.79 Å². The molecule has 1 aromatic carbocycles. The standard InChI is InChI=1S/C21H20ClN5O/c22-19-6-2-1-5-17(19)18-11-24-14-26-21(18)15-4-3-9-27(12-15)20(28)8-7-16-10-23-13-25-16/h1-2,5-8,10-11,13-15H,3-4,9,12H2,(H,23,25)/b8-7+. The van der Waals surface area contributed by atoms with E-state index in [2.05, 4.69) is 19.9 Å². The van der Waals surface area contributed by atoms with Gasteiger partial charge in [-0.05, 0) is 25.0 Å². The second-order valence-electron chi connectivity index (χ2n) is 6.77. The summed E-state index contributed by atoms with van der Waals surface area (Å²) >= 11 is 6.40. The molecule has 4 rings (SSSR count). The molecule has 0 saturated carbocycles. The van der Waals surface area contributed by atoms with Crippen LogP contribution in [0.25, 0.3) is 17.2 Å². The lowest BCUT2D eigenvalue weighted by molar-refractivity contribution is -0.127. The highest BCUT2D eigenvalue weighted by atomic mass is 35.5. The van der Waals surface area contributed by atoms with Crippen molar-refractivity contribution in [2.24, 2.45) is 0 Å². The van der Waals surface area contributed by atoms with E-state index >= 15 is 0 Å². The average Bonchev–Trinajstić information content (AvgIpc) is 3.26. The lowest BCUT2D eigenvalue weighted by atomic mass is 9.90. The number of likely N-dealkylation sites (tertiary alicyclic amines) is 1. The van der Waals surface area contributed by atoms with E-state index in [0.29, 0.717) is 11.6 Å². The highest BCUT2D eigenvalue weighted by molar-refractivity contribution is 6.33. The Labute approximate surface area is 168 Å². The van der Waals surface area contributed by atoms with Gasteiger partial charge in [-0.3, -0.25) is 4.79 Å². The topological polar surface area (TPSA) is 74.8 Å². The number of carbonyl (C=O) groups excluding carboxylic acids is 1. The number of carbonyl (C=O) groups is 1. The lowest BCUT2D eigenvalue weighted by Gasteiger charge is -2.32. The maximum absolute atomic E-state index is 12.6. The fourth-order valence-electron chi connectivity index (χ4n) is 3.58. The highest BCUT2D eigenvalue weighted by Gasteiger charge is 2.27. The summed E-state index contributed by atoms with van der Waals surface area (Å²) in [5.74, 6) is 0.139. The van der Waals surface area contributed by atoms with E-state index < -0.39 is 0 Å². The maximum atomic E-state index is 12.6. The summed E-state index contributed by atoms with van der Waals surface area (Å²) in [7, 11) is 0. The quantitative estimate of drug-likeness (QED) is 0.681. The van der Waals surface area contributed by atoms with E-state index in [1.807, 2.05) is 35.4 Å². The van der Waals surface area contributed by atoms with Crippen molar-refractivity contribution in [3.8, 4) is 11.1 Å². The smallest absolute Gasteiger partial charge is 0.246 e. The molecule has 3 aromatic rings. The van der Waals surface area contributed by atoms with E-state index in [0.717, 1.165) is 41.9 Å². The van der Waals surface area contributed by atoms with Crippen molar-refractivity contribution in [2.75, 3.05) is 13.1 Å². The maximum Gasteiger partial charge on any atom is 0.246 e. The van der Waals surface area contributed by atoms with Gasteiger partial charge in [0.25, 0.3) is 0 Å². The molecule has 1 atom stereocenters. The minimum Gasteiger partial charge on any atom is -0.345 e. The molecule has 1 amide bonds. The first-order valence-electron chi connectivity index (χ1n) is 9.22. The van der Waals surface area contributed by atoms with Gasteiger partial charge >= 0.3 is 0 Å². The van der Waals surface area contributed by atoms with Crippen LogP contribution in [0.15, 0.2) is 55.4 Å². The first-order valence-corrected chi connectivity index (χ1v) is 9.60. The Bertz CT molecular complexity index is 986. The van der Waals surface area contributed by atoms with Crippen molar-refractivity contribution in [3.05, 3.63) is 71.8 Å². The minimum absolute atomic E-state index is 0.00681. The second kappa shape index (κ2) is 8.35. The van der Waals surface area contributed by atoms with Crippen molar-refractivity contribution in [1.29, 1.82) is 0 Å². The van der Waals surface area contributed by atoms with E-state index in [1.165, 1.54) is 0 Å². The average molecular weight is 394 g/mol. The van der Waals surface area contributed by atoms with Gasteiger partial charge < -0.3 is 9.88 Å². The summed E-state index contributed by atoms with van der Waals surface area (Å²) in [6, 6.07) is 7.70. The predicted octanol–water partition coefficient (Wildman–Crippen LogP) is 3.94. The van der Waals surface area contributed by atoms with Crippen LogP contribution in [0.5, 0.6) is 0 Å². The Balaban J connectivity index is 1.56. The van der Waals surface area contributed by atoms with Gasteiger partial charge in [0.05, 0.1) is 23.9 Å². The van der Waals surface area contributed by atoms with Crippen molar-refractivity contribution in [3.63, 3.8) is 0 Å². The zero-order valence-electron chi connectivity index (χ0n) is 15.3. The molecule has 1 saturated heterocycles. The lowest BCUT2D eigenvalue weighted by Crippen LogP contribution is -2.38. The second-order valence-corrected chi connectivity index (χ2v) is 7.17. The third-order valence-corrected chi connectivity index (χ3v) is 5.28. The summed E-state index contributed by atoms with van der Waals surface area (Å²) in [5, 5.41) is 0.671. The Hall–Kier alpha value is -2.99. The summed E-state index contributed by atoms with van der Waals surface area (Å²) in [6.45, 7) is 1.37. The van der Waals surface area contributed by atoms with Gasteiger partial charge in [0, 0.05) is 47.4 Å². The zero-order valence-corrected chi connectivity index (χ0v) is 16.0. The number of aromatic amines is 1. The van der Waals surface area contributed by atoms with Crippen molar-refractivity contribution >= 4 is 23.6 Å². The van der Waals surface area contributed by atoms with E-state index in [1.54, 1.807) is 31.0 Å². The summed E-state index contributed by atoms with van der Waals surface area (Å²) in [6.07, 6.45) is 11.9. The molecular formula is C21H20ClN5O. The SMILES string of the molecule is O=C(/C=C/c1cnc[nH]1)N1CCCC(c2ncncc2-c2ccccc2Cl)C1. The van der Waals surface area contributed by atoms with Crippen LogP contribution in [0.4, 0.5) is 0 Å². The first-order chi connectivity index (χ1) is 13.7. The molecule has 7 heteroatoms. The third-order valence-electron chi connectivity index (χ3n) is 4.95. The van der Waals surface area contributed by atoms with Crippen LogP contribution in [0.1, 0.15) is 30.1 Å². The number of nitrogens with zero attached hydrogens (tertiary/aromatic N) is 4. The Morgan fingerprint density at radius 3 is 2.93 bits per heavy atom. The van der Waals surface area contributed by atoms with Crippen LogP contribution in [0.2, 0.25) is 5.02 Å². The minimum atomic E-state index is -0.00681. The van der Waals surface area contributed by atoms with E-state index in [-0.39, 0.29) is 11.8 Å². The molecule has 0 bridgehead atoms. The number of hydrogen-bond acceptors (Lipinski definition) is 4. The number of aromatic nitrogens is 4. The molecule has 0 spiro atoms. The van der Waals surface area contributed by atoms with Gasteiger partial charge in [0.1, 0.15) is 6.33 Å². The summed E-state index contributed by atoms with van der Waals surface area (Å²) < 4.78 is 0. The molecule has 1 N–H and O–H groups in total. The van der Waals surface area contributed by atoms with Crippen LogP contribution < -0.4 is 0 Å².